The van der Waals surface area contributed by atoms with Gasteiger partial charge in [0, 0.05) is 16.3 Å². The van der Waals surface area contributed by atoms with E-state index in [-0.39, 0.29) is 6.54 Å². The van der Waals surface area contributed by atoms with Crippen molar-refractivity contribution in [1.29, 1.82) is 0 Å². The van der Waals surface area contributed by atoms with E-state index in [1.54, 1.807) is 23.9 Å². The van der Waals surface area contributed by atoms with E-state index in [9.17, 15) is 19.5 Å². The van der Waals surface area contributed by atoms with Crippen LogP contribution in [0.4, 0.5) is 10.5 Å². The molecule has 1 fully saturated rings. The number of hydrogen-bond acceptors (Lipinski definition) is 5. The molecule has 1 heterocycles. The molecule has 2 aromatic carbocycles. The molecule has 0 bridgehead atoms. The SMILES string of the molecule is CSc1ccc(CN2C(=O)N(c3ccccc3SC)C(=O)[C@@H]2CC(=O)O)cc1. The second-order valence-corrected chi connectivity index (χ2v) is 7.95. The molecule has 1 saturated heterocycles. The predicted octanol–water partition coefficient (Wildman–Crippen LogP) is 3.94. The van der Waals surface area contributed by atoms with Crippen LogP contribution in [0, 0.1) is 0 Å². The third-order valence-electron chi connectivity index (χ3n) is 4.52. The third-order valence-corrected chi connectivity index (χ3v) is 6.05. The Hall–Kier alpha value is -2.45. The van der Waals surface area contributed by atoms with Gasteiger partial charge in [0.15, 0.2) is 0 Å². The number of benzene rings is 2. The number of nitrogens with zero attached hydrogens (tertiary/aromatic N) is 2. The smallest absolute Gasteiger partial charge is 0.332 e. The number of imide groups is 1. The Labute approximate surface area is 171 Å². The van der Waals surface area contributed by atoms with Crippen molar-refractivity contribution in [2.75, 3.05) is 17.4 Å². The van der Waals surface area contributed by atoms with Crippen LogP contribution >= 0.6 is 23.5 Å². The number of hydrogen-bond donors (Lipinski definition) is 1. The van der Waals surface area contributed by atoms with Crippen LogP contribution in [0.1, 0.15) is 12.0 Å². The van der Waals surface area contributed by atoms with Crippen molar-refractivity contribution in [2.45, 2.75) is 28.8 Å². The van der Waals surface area contributed by atoms with Gasteiger partial charge in [0.2, 0.25) is 0 Å². The molecule has 28 heavy (non-hydrogen) atoms. The van der Waals surface area contributed by atoms with Crippen LogP contribution in [-0.4, -0.2) is 46.5 Å². The summed E-state index contributed by atoms with van der Waals surface area (Å²) in [7, 11) is 0. The predicted molar refractivity (Wildman–Crippen MR) is 111 cm³/mol. The molecule has 1 N–H and O–H groups in total. The molecule has 1 aliphatic rings. The van der Waals surface area contributed by atoms with Crippen molar-refractivity contribution in [1.82, 2.24) is 4.90 Å². The summed E-state index contributed by atoms with van der Waals surface area (Å²) in [5.41, 5.74) is 1.33. The molecule has 1 atom stereocenters. The second kappa shape index (κ2) is 8.70. The molecule has 0 aliphatic carbocycles. The summed E-state index contributed by atoms with van der Waals surface area (Å²) in [5, 5.41) is 9.27. The number of carbonyl (C=O) groups is 3. The molecule has 0 aromatic heterocycles. The summed E-state index contributed by atoms with van der Waals surface area (Å²) in [4.78, 5) is 41.8. The van der Waals surface area contributed by atoms with E-state index >= 15 is 0 Å². The van der Waals surface area contributed by atoms with Crippen molar-refractivity contribution in [2.24, 2.45) is 0 Å². The van der Waals surface area contributed by atoms with Crippen molar-refractivity contribution in [3.8, 4) is 0 Å². The van der Waals surface area contributed by atoms with E-state index in [1.807, 2.05) is 48.9 Å². The minimum atomic E-state index is -1.12. The average molecular weight is 417 g/mol. The number of carboxylic acid groups (broad SMARTS) is 1. The number of amides is 3. The largest absolute Gasteiger partial charge is 0.481 e. The van der Waals surface area contributed by atoms with Crippen LogP contribution < -0.4 is 4.90 Å². The van der Waals surface area contributed by atoms with Crippen molar-refractivity contribution in [3.63, 3.8) is 0 Å². The van der Waals surface area contributed by atoms with Gasteiger partial charge in [-0.25, -0.2) is 9.69 Å². The Morgan fingerprint density at radius 3 is 2.32 bits per heavy atom. The highest BCUT2D eigenvalue weighted by atomic mass is 32.2. The molecule has 3 rings (SSSR count). The summed E-state index contributed by atoms with van der Waals surface area (Å²) in [6.45, 7) is 0.176. The van der Waals surface area contributed by atoms with E-state index in [2.05, 4.69) is 0 Å². The molecule has 0 radical (unpaired) electrons. The highest BCUT2D eigenvalue weighted by Gasteiger charge is 2.47. The zero-order chi connectivity index (χ0) is 20.3. The van der Waals surface area contributed by atoms with Crippen molar-refractivity contribution >= 4 is 47.1 Å². The second-order valence-electron chi connectivity index (χ2n) is 6.22. The zero-order valence-electron chi connectivity index (χ0n) is 15.5. The first-order chi connectivity index (χ1) is 13.5. The first-order valence-corrected chi connectivity index (χ1v) is 11.0. The van der Waals surface area contributed by atoms with Gasteiger partial charge < -0.3 is 10.0 Å². The number of rotatable bonds is 7. The monoisotopic (exact) mass is 416 g/mol. The number of anilines is 1. The van der Waals surface area contributed by atoms with Crippen molar-refractivity contribution < 1.29 is 19.5 Å². The maximum atomic E-state index is 13.1. The first-order valence-electron chi connectivity index (χ1n) is 8.58. The molecule has 2 aromatic rings. The average Bonchev–Trinajstić information content (AvgIpc) is 2.92. The quantitative estimate of drug-likeness (QED) is 0.544. The molecule has 0 unspecified atom stereocenters. The number of carboxylic acids is 1. The van der Waals surface area contributed by atoms with E-state index < -0.39 is 30.4 Å². The minimum Gasteiger partial charge on any atom is -0.481 e. The van der Waals surface area contributed by atoms with Crippen LogP contribution in [0.3, 0.4) is 0 Å². The maximum absolute atomic E-state index is 13.1. The fourth-order valence-corrected chi connectivity index (χ4v) is 4.13. The maximum Gasteiger partial charge on any atom is 0.332 e. The lowest BCUT2D eigenvalue weighted by Crippen LogP contribution is -2.36. The fourth-order valence-electron chi connectivity index (χ4n) is 3.14. The van der Waals surface area contributed by atoms with Crippen LogP contribution in [0.25, 0.3) is 0 Å². The Bertz CT molecular complexity index is 901. The lowest BCUT2D eigenvalue weighted by atomic mass is 10.1. The van der Waals surface area contributed by atoms with Crippen LogP contribution in [0.15, 0.2) is 58.3 Å². The van der Waals surface area contributed by atoms with Crippen molar-refractivity contribution in [3.05, 3.63) is 54.1 Å². The summed E-state index contributed by atoms with van der Waals surface area (Å²) < 4.78 is 0. The van der Waals surface area contributed by atoms with Gasteiger partial charge in [-0.1, -0.05) is 24.3 Å². The Morgan fingerprint density at radius 2 is 1.71 bits per heavy atom. The molecule has 6 nitrogen and oxygen atoms in total. The van der Waals surface area contributed by atoms with Gasteiger partial charge >= 0.3 is 12.0 Å². The molecular formula is C20H20N2O4S2. The Kier molecular flexibility index (Phi) is 6.31. The molecule has 8 heteroatoms. The lowest BCUT2D eigenvalue weighted by molar-refractivity contribution is -0.140. The van der Waals surface area contributed by atoms with Gasteiger partial charge in [-0.15, -0.1) is 23.5 Å². The number of aliphatic carboxylic acids is 1. The van der Waals surface area contributed by atoms with Crippen LogP contribution in [0.5, 0.6) is 0 Å². The Morgan fingerprint density at radius 1 is 1.04 bits per heavy atom. The van der Waals surface area contributed by atoms with E-state index in [4.69, 9.17) is 0 Å². The first kappa shape index (κ1) is 20.3. The van der Waals surface area contributed by atoms with Gasteiger partial charge in [-0.3, -0.25) is 9.59 Å². The van der Waals surface area contributed by atoms with Crippen LogP contribution in [0.2, 0.25) is 0 Å². The number of urea groups is 1. The fraction of sp³-hybridized carbons (Fsp3) is 0.250. The van der Waals surface area contributed by atoms with Gasteiger partial charge in [-0.05, 0) is 42.3 Å². The molecule has 146 valence electrons. The summed E-state index contributed by atoms with van der Waals surface area (Å²) in [6, 6.07) is 13.3. The number of carbonyl (C=O) groups excluding carboxylic acids is 2. The van der Waals surface area contributed by atoms with Gasteiger partial charge in [0.05, 0.1) is 12.1 Å². The lowest BCUT2D eigenvalue weighted by Gasteiger charge is -2.21. The molecule has 0 saturated carbocycles. The van der Waals surface area contributed by atoms with E-state index in [0.717, 1.165) is 20.3 Å². The molecule has 1 aliphatic heterocycles. The number of para-hydroxylation sites is 1. The number of thioether (sulfide) groups is 2. The van der Waals surface area contributed by atoms with Gasteiger partial charge in [-0.2, -0.15) is 0 Å². The summed E-state index contributed by atoms with van der Waals surface area (Å²) in [6.07, 6.45) is 3.41. The highest BCUT2D eigenvalue weighted by molar-refractivity contribution is 7.99. The topological polar surface area (TPSA) is 77.9 Å². The summed E-state index contributed by atoms with van der Waals surface area (Å²) >= 11 is 3.04. The standard InChI is InChI=1S/C20H20N2O4S2/c1-27-14-9-7-13(8-10-14)12-21-16(11-18(23)24)19(25)22(20(21)26)15-5-3-4-6-17(15)28-2/h3-10,16H,11-12H2,1-2H3,(H,23,24)/t16-/m0/s1. The third kappa shape index (κ3) is 4.02. The zero-order valence-corrected chi connectivity index (χ0v) is 17.1. The van der Waals surface area contributed by atoms with E-state index in [1.165, 1.54) is 16.7 Å². The van der Waals surface area contributed by atoms with E-state index in [0.29, 0.717) is 5.69 Å². The van der Waals surface area contributed by atoms with Crippen LogP contribution in [-0.2, 0) is 16.1 Å². The molecule has 3 amide bonds. The minimum absolute atomic E-state index is 0.176. The summed E-state index contributed by atoms with van der Waals surface area (Å²) in [5.74, 6) is -1.62. The Balaban J connectivity index is 1.95. The van der Waals surface area contributed by atoms with Gasteiger partial charge in [0.1, 0.15) is 6.04 Å². The molecular weight excluding hydrogens is 396 g/mol. The molecule has 0 spiro atoms. The normalized spacial score (nSPS) is 16.7. The highest BCUT2D eigenvalue weighted by Crippen LogP contribution is 2.34. The van der Waals surface area contributed by atoms with Gasteiger partial charge in [0.25, 0.3) is 5.91 Å².